The number of nitrogens with one attached hydrogen (secondary N) is 1. The largest absolute Gasteiger partial charge is 0.454 e. The molecule has 6 heteroatoms. The van der Waals surface area contributed by atoms with E-state index in [1.807, 2.05) is 13.8 Å². The number of benzene rings is 1. The zero-order chi connectivity index (χ0) is 15.7. The summed E-state index contributed by atoms with van der Waals surface area (Å²) in [5, 5.41) is 2.84. The van der Waals surface area contributed by atoms with Crippen molar-refractivity contribution in [2.75, 3.05) is 25.2 Å². The van der Waals surface area contributed by atoms with Crippen molar-refractivity contribution in [3.63, 3.8) is 0 Å². The number of nitrogens with zero attached hydrogens (tertiary/aromatic N) is 1. The molecule has 118 valence electrons. The summed E-state index contributed by atoms with van der Waals surface area (Å²) in [5.41, 5.74) is -0.268. The van der Waals surface area contributed by atoms with Gasteiger partial charge in [0.15, 0.2) is 11.5 Å². The summed E-state index contributed by atoms with van der Waals surface area (Å²) >= 11 is 0. The molecule has 2 aliphatic rings. The molecule has 1 N–H and O–H groups in total. The van der Waals surface area contributed by atoms with Crippen LogP contribution in [0, 0.1) is 5.41 Å². The van der Waals surface area contributed by atoms with Crippen LogP contribution in [-0.2, 0) is 9.59 Å². The Hall–Kier alpha value is -2.24. The molecule has 0 radical (unpaired) electrons. The Morgan fingerprint density at radius 3 is 2.50 bits per heavy atom. The molecule has 3 rings (SSSR count). The zero-order valence-electron chi connectivity index (χ0n) is 12.8. The second-order valence-electron chi connectivity index (χ2n) is 5.58. The van der Waals surface area contributed by atoms with Crippen molar-refractivity contribution in [3.05, 3.63) is 18.2 Å². The molecular formula is C16H20N2O4. The maximum absolute atomic E-state index is 12.5. The monoisotopic (exact) mass is 304 g/mol. The van der Waals surface area contributed by atoms with Gasteiger partial charge in [-0.1, -0.05) is 0 Å². The second-order valence-corrected chi connectivity index (χ2v) is 5.58. The number of rotatable bonds is 5. The number of hydrogen-bond acceptors (Lipinski definition) is 4. The summed E-state index contributed by atoms with van der Waals surface area (Å²) in [6.45, 7) is 5.28. The van der Waals surface area contributed by atoms with Crippen molar-refractivity contribution in [2.45, 2.75) is 26.7 Å². The minimum absolute atomic E-state index is 0.0734. The average molecular weight is 304 g/mol. The number of anilines is 1. The molecule has 1 fully saturated rings. The predicted molar refractivity (Wildman–Crippen MR) is 80.8 cm³/mol. The predicted octanol–water partition coefficient (Wildman–Crippen LogP) is 2.00. The molecule has 0 unspecified atom stereocenters. The molecule has 1 aromatic rings. The molecule has 6 nitrogen and oxygen atoms in total. The first kappa shape index (κ1) is 14.7. The first-order valence-electron chi connectivity index (χ1n) is 7.61. The lowest BCUT2D eigenvalue weighted by Gasteiger charge is -2.24. The van der Waals surface area contributed by atoms with Gasteiger partial charge in [0, 0.05) is 24.8 Å². The molecule has 2 amide bonds. The first-order chi connectivity index (χ1) is 10.6. The summed E-state index contributed by atoms with van der Waals surface area (Å²) in [6, 6.07) is 5.23. The second kappa shape index (κ2) is 5.51. The number of amides is 2. The highest BCUT2D eigenvalue weighted by Crippen LogP contribution is 2.48. The first-order valence-corrected chi connectivity index (χ1v) is 7.61. The zero-order valence-corrected chi connectivity index (χ0v) is 12.8. The van der Waals surface area contributed by atoms with Crippen molar-refractivity contribution < 1.29 is 19.1 Å². The summed E-state index contributed by atoms with van der Waals surface area (Å²) in [5.74, 6) is 0.968. The van der Waals surface area contributed by atoms with Gasteiger partial charge in [-0.15, -0.1) is 0 Å². The Morgan fingerprint density at radius 1 is 1.18 bits per heavy atom. The normalized spacial score (nSPS) is 17.0. The number of carbonyl (C=O) groups is 2. The third-order valence-corrected chi connectivity index (χ3v) is 4.28. The van der Waals surface area contributed by atoms with Crippen LogP contribution in [0.5, 0.6) is 11.5 Å². The standard InChI is InChI=1S/C16H20N2O4/c1-3-18(4-2)15(20)16(7-8-16)14(19)17-11-5-6-12-13(9-11)22-10-21-12/h5-6,9H,3-4,7-8,10H2,1-2H3,(H,17,19). The summed E-state index contributed by atoms with van der Waals surface area (Å²) in [4.78, 5) is 26.8. The van der Waals surface area contributed by atoms with E-state index in [2.05, 4.69) is 5.32 Å². The molecule has 1 aliphatic heterocycles. The van der Waals surface area contributed by atoms with E-state index in [0.29, 0.717) is 43.1 Å². The molecule has 0 aromatic heterocycles. The third-order valence-electron chi connectivity index (χ3n) is 4.28. The van der Waals surface area contributed by atoms with Gasteiger partial charge in [0.05, 0.1) is 0 Å². The molecule has 0 bridgehead atoms. The Kier molecular flexibility index (Phi) is 3.68. The average Bonchev–Trinajstić information content (AvgIpc) is 3.21. The van der Waals surface area contributed by atoms with Gasteiger partial charge in [-0.3, -0.25) is 9.59 Å². The molecule has 1 saturated carbocycles. The Morgan fingerprint density at radius 2 is 1.86 bits per heavy atom. The molecule has 0 saturated heterocycles. The minimum atomic E-state index is -0.887. The Labute approximate surface area is 129 Å². The Balaban J connectivity index is 1.73. The van der Waals surface area contributed by atoms with Crippen LogP contribution in [-0.4, -0.2) is 36.6 Å². The topological polar surface area (TPSA) is 67.9 Å². The highest BCUT2D eigenvalue weighted by Gasteiger charge is 2.57. The van der Waals surface area contributed by atoms with E-state index in [1.54, 1.807) is 23.1 Å². The van der Waals surface area contributed by atoms with Crippen LogP contribution >= 0.6 is 0 Å². The van der Waals surface area contributed by atoms with Crippen LogP contribution in [0.1, 0.15) is 26.7 Å². The molecular weight excluding hydrogens is 284 g/mol. The highest BCUT2D eigenvalue weighted by molar-refractivity contribution is 6.13. The van der Waals surface area contributed by atoms with Crippen molar-refractivity contribution in [2.24, 2.45) is 5.41 Å². The molecule has 1 aliphatic carbocycles. The van der Waals surface area contributed by atoms with Crippen LogP contribution < -0.4 is 14.8 Å². The van der Waals surface area contributed by atoms with E-state index in [9.17, 15) is 9.59 Å². The van der Waals surface area contributed by atoms with Crippen LogP contribution in [0.4, 0.5) is 5.69 Å². The number of fused-ring (bicyclic) bond motifs is 1. The van der Waals surface area contributed by atoms with Gasteiger partial charge in [-0.2, -0.15) is 0 Å². The van der Waals surface area contributed by atoms with Gasteiger partial charge in [-0.25, -0.2) is 0 Å². The maximum atomic E-state index is 12.5. The van der Waals surface area contributed by atoms with Crippen molar-refractivity contribution in [1.82, 2.24) is 4.90 Å². The highest BCUT2D eigenvalue weighted by atomic mass is 16.7. The lowest BCUT2D eigenvalue weighted by Crippen LogP contribution is -2.42. The van der Waals surface area contributed by atoms with E-state index >= 15 is 0 Å². The van der Waals surface area contributed by atoms with Gasteiger partial charge in [0.25, 0.3) is 0 Å². The lowest BCUT2D eigenvalue weighted by molar-refractivity contribution is -0.141. The van der Waals surface area contributed by atoms with Gasteiger partial charge in [0.2, 0.25) is 18.6 Å². The van der Waals surface area contributed by atoms with Gasteiger partial charge in [-0.05, 0) is 38.8 Å². The summed E-state index contributed by atoms with van der Waals surface area (Å²) < 4.78 is 10.5. The number of hydrogen-bond donors (Lipinski definition) is 1. The quantitative estimate of drug-likeness (QED) is 0.845. The molecule has 1 heterocycles. The number of carbonyl (C=O) groups excluding carboxylic acids is 2. The van der Waals surface area contributed by atoms with Crippen molar-refractivity contribution >= 4 is 17.5 Å². The van der Waals surface area contributed by atoms with Crippen LogP contribution in [0.25, 0.3) is 0 Å². The van der Waals surface area contributed by atoms with E-state index in [1.165, 1.54) is 0 Å². The summed E-state index contributed by atoms with van der Waals surface area (Å²) in [6.07, 6.45) is 1.22. The fraction of sp³-hybridized carbons (Fsp3) is 0.500. The molecule has 22 heavy (non-hydrogen) atoms. The van der Waals surface area contributed by atoms with Gasteiger partial charge >= 0.3 is 0 Å². The van der Waals surface area contributed by atoms with Crippen molar-refractivity contribution in [1.29, 1.82) is 0 Å². The smallest absolute Gasteiger partial charge is 0.240 e. The SMILES string of the molecule is CCN(CC)C(=O)C1(C(=O)Nc2ccc3c(c2)OCO3)CC1. The Bertz CT molecular complexity index is 606. The minimum Gasteiger partial charge on any atom is -0.454 e. The van der Waals surface area contributed by atoms with E-state index < -0.39 is 5.41 Å². The van der Waals surface area contributed by atoms with Crippen LogP contribution in [0.15, 0.2) is 18.2 Å². The third kappa shape index (κ3) is 2.38. The van der Waals surface area contributed by atoms with Gasteiger partial charge in [0.1, 0.15) is 5.41 Å². The fourth-order valence-electron chi connectivity index (χ4n) is 2.70. The van der Waals surface area contributed by atoms with E-state index in [0.717, 1.165) is 0 Å². The van der Waals surface area contributed by atoms with Crippen LogP contribution in [0.2, 0.25) is 0 Å². The van der Waals surface area contributed by atoms with E-state index in [-0.39, 0.29) is 18.6 Å². The van der Waals surface area contributed by atoms with Gasteiger partial charge < -0.3 is 19.7 Å². The summed E-state index contributed by atoms with van der Waals surface area (Å²) in [7, 11) is 0. The maximum Gasteiger partial charge on any atom is 0.240 e. The number of ether oxygens (including phenoxy) is 2. The van der Waals surface area contributed by atoms with Crippen LogP contribution in [0.3, 0.4) is 0 Å². The lowest BCUT2D eigenvalue weighted by atomic mass is 10.0. The molecule has 0 spiro atoms. The molecule has 0 atom stereocenters. The fourth-order valence-corrected chi connectivity index (χ4v) is 2.70. The van der Waals surface area contributed by atoms with Crippen molar-refractivity contribution in [3.8, 4) is 11.5 Å². The van der Waals surface area contributed by atoms with E-state index in [4.69, 9.17) is 9.47 Å². The molecule has 1 aromatic carbocycles.